The van der Waals surface area contributed by atoms with Crippen LogP contribution in [0, 0.1) is 28.6 Å². The molecule has 8 atom stereocenters. The molecule has 1 saturated heterocycles. The molecule has 166 valence electrons. The second kappa shape index (κ2) is 7.60. The number of allylic oxidation sites excluding steroid dienone is 1. The fraction of sp³-hybridized carbons (Fsp3) is 0.850. The first-order valence-corrected chi connectivity index (χ1v) is 11.6. The van der Waals surface area contributed by atoms with Gasteiger partial charge >= 0.3 is 5.97 Å². The van der Waals surface area contributed by atoms with E-state index in [9.17, 15) is 33.1 Å². The van der Waals surface area contributed by atoms with Gasteiger partial charge in [-0.15, -0.1) is 0 Å². The summed E-state index contributed by atoms with van der Waals surface area (Å²) in [7, 11) is -4.65. The minimum absolute atomic E-state index is 0.0703. The lowest BCUT2D eigenvalue weighted by Gasteiger charge is -2.60. The highest BCUT2D eigenvalue weighted by Gasteiger charge is 2.59. The molecule has 29 heavy (non-hydrogen) atoms. The molecular formula is C20H32O8S. The van der Waals surface area contributed by atoms with E-state index in [-0.39, 0.29) is 31.5 Å². The normalized spacial score (nSPS) is 44.3. The Labute approximate surface area is 171 Å². The van der Waals surface area contributed by atoms with E-state index >= 15 is 0 Å². The summed E-state index contributed by atoms with van der Waals surface area (Å²) >= 11 is 0. The van der Waals surface area contributed by atoms with Crippen molar-refractivity contribution in [3.8, 4) is 0 Å². The maximum Gasteiger partial charge on any atom is 0.313 e. The van der Waals surface area contributed by atoms with Crippen LogP contribution in [0.1, 0.15) is 46.0 Å². The van der Waals surface area contributed by atoms with Crippen molar-refractivity contribution in [3.63, 3.8) is 0 Å². The number of carbonyl (C=O) groups is 1. The van der Waals surface area contributed by atoms with Crippen molar-refractivity contribution in [1.29, 1.82) is 0 Å². The van der Waals surface area contributed by atoms with Gasteiger partial charge in [0.1, 0.15) is 23.9 Å². The molecule has 3 rings (SSSR count). The summed E-state index contributed by atoms with van der Waals surface area (Å²) in [5, 5.41) is 29.3. The molecule has 3 aliphatic rings. The van der Waals surface area contributed by atoms with Crippen molar-refractivity contribution in [1.82, 2.24) is 0 Å². The zero-order valence-electron chi connectivity index (χ0n) is 17.0. The van der Waals surface area contributed by atoms with E-state index in [1.807, 2.05) is 13.8 Å². The SMILES string of the molecule is C=C1CCC2[C@](C)(CO)[C@H](O)CC[C@@]2(C)[C@@H]1CC(C1C(=O)OC[C@H]1O)S(=O)(=O)O. The van der Waals surface area contributed by atoms with Crippen molar-refractivity contribution in [2.75, 3.05) is 13.2 Å². The maximum atomic E-state index is 12.2. The Bertz CT molecular complexity index is 779. The van der Waals surface area contributed by atoms with Crippen molar-refractivity contribution in [2.24, 2.45) is 28.6 Å². The highest BCUT2D eigenvalue weighted by atomic mass is 32.2. The molecule has 0 aromatic heterocycles. The van der Waals surface area contributed by atoms with E-state index in [2.05, 4.69) is 6.58 Å². The second-order valence-corrected chi connectivity index (χ2v) is 11.2. The second-order valence-electron chi connectivity index (χ2n) is 9.54. The molecule has 0 bridgehead atoms. The molecule has 1 aliphatic heterocycles. The van der Waals surface area contributed by atoms with E-state index in [0.29, 0.717) is 25.7 Å². The van der Waals surface area contributed by atoms with Crippen LogP contribution < -0.4 is 0 Å². The van der Waals surface area contributed by atoms with Crippen LogP contribution in [-0.4, -0.2) is 64.9 Å². The van der Waals surface area contributed by atoms with Crippen LogP contribution in [-0.2, 0) is 19.6 Å². The zero-order valence-corrected chi connectivity index (χ0v) is 17.8. The number of hydrogen-bond donors (Lipinski definition) is 4. The van der Waals surface area contributed by atoms with Crippen molar-refractivity contribution >= 4 is 16.1 Å². The maximum absolute atomic E-state index is 12.2. The van der Waals surface area contributed by atoms with Gasteiger partial charge in [-0.1, -0.05) is 26.0 Å². The Morgan fingerprint density at radius 2 is 1.93 bits per heavy atom. The minimum Gasteiger partial charge on any atom is -0.463 e. The summed E-state index contributed by atoms with van der Waals surface area (Å²) in [6.45, 7) is 7.52. The first kappa shape index (κ1) is 22.7. The standard InChI is InChI=1S/C20H32O8S/c1-11-4-5-15-19(2,7-6-16(23)20(15,3)10-21)12(11)8-14(29(25,26)27)17-13(22)9-28-18(17)24/h12-17,21-23H,1,4-10H2,2-3H3,(H,25,26,27)/t12-,13-,14?,15?,16-,17?,19+,20+/m1/s1. The predicted molar refractivity (Wildman–Crippen MR) is 104 cm³/mol. The smallest absolute Gasteiger partial charge is 0.313 e. The molecule has 9 heteroatoms. The summed E-state index contributed by atoms with van der Waals surface area (Å²) in [5.74, 6) is -2.61. The average Bonchev–Trinajstić information content (AvgIpc) is 2.95. The number of hydrogen-bond acceptors (Lipinski definition) is 7. The number of carbonyl (C=O) groups excluding carboxylic acids is 1. The fourth-order valence-electron chi connectivity index (χ4n) is 6.25. The molecule has 0 aromatic rings. The number of fused-ring (bicyclic) bond motifs is 1. The van der Waals surface area contributed by atoms with Crippen LogP contribution >= 0.6 is 0 Å². The van der Waals surface area contributed by atoms with Gasteiger partial charge < -0.3 is 20.1 Å². The average molecular weight is 433 g/mol. The summed E-state index contributed by atoms with van der Waals surface area (Å²) in [5.41, 5.74) is -0.372. The topological polar surface area (TPSA) is 141 Å². The monoisotopic (exact) mass is 432 g/mol. The molecule has 3 unspecified atom stereocenters. The quantitative estimate of drug-likeness (QED) is 0.285. The van der Waals surface area contributed by atoms with Gasteiger partial charge in [0, 0.05) is 5.41 Å². The highest BCUT2D eigenvalue weighted by molar-refractivity contribution is 7.86. The summed E-state index contributed by atoms with van der Waals surface area (Å²) < 4.78 is 39.2. The molecule has 0 aromatic carbocycles. The van der Waals surface area contributed by atoms with Crippen molar-refractivity contribution < 1.29 is 37.8 Å². The molecule has 8 nitrogen and oxygen atoms in total. The molecule has 2 saturated carbocycles. The lowest BCUT2D eigenvalue weighted by molar-refractivity contribution is -0.153. The summed E-state index contributed by atoms with van der Waals surface area (Å²) in [6.07, 6.45) is 0.339. The van der Waals surface area contributed by atoms with E-state index in [1.165, 1.54) is 0 Å². The van der Waals surface area contributed by atoms with E-state index < -0.39 is 50.3 Å². The highest BCUT2D eigenvalue weighted by Crippen LogP contribution is 2.62. The van der Waals surface area contributed by atoms with Gasteiger partial charge in [-0.3, -0.25) is 9.35 Å². The Morgan fingerprint density at radius 1 is 1.28 bits per heavy atom. The number of aliphatic hydroxyl groups excluding tert-OH is 3. The van der Waals surface area contributed by atoms with Crippen molar-refractivity contribution in [3.05, 3.63) is 12.2 Å². The number of ether oxygens (including phenoxy) is 1. The molecule has 0 radical (unpaired) electrons. The minimum atomic E-state index is -4.65. The predicted octanol–water partition coefficient (Wildman–Crippen LogP) is 0.909. The summed E-state index contributed by atoms with van der Waals surface area (Å²) in [6, 6.07) is 0. The van der Waals surface area contributed by atoms with Crippen LogP contribution in [0.3, 0.4) is 0 Å². The first-order chi connectivity index (χ1) is 13.4. The molecule has 4 N–H and O–H groups in total. The number of rotatable bonds is 5. The summed E-state index contributed by atoms with van der Waals surface area (Å²) in [4.78, 5) is 12.1. The van der Waals surface area contributed by atoms with Gasteiger partial charge in [0.2, 0.25) is 0 Å². The third-order valence-corrected chi connectivity index (χ3v) is 9.28. The number of cyclic esters (lactones) is 1. The van der Waals surface area contributed by atoms with Gasteiger partial charge in [0.15, 0.2) is 0 Å². The van der Waals surface area contributed by atoms with E-state index in [4.69, 9.17) is 4.74 Å². The van der Waals surface area contributed by atoms with Gasteiger partial charge in [0.25, 0.3) is 10.1 Å². The Balaban J connectivity index is 1.99. The lowest BCUT2D eigenvalue weighted by Crippen LogP contribution is -2.58. The van der Waals surface area contributed by atoms with Crippen LogP contribution in [0.4, 0.5) is 0 Å². The fourth-order valence-corrected chi connectivity index (χ4v) is 7.34. The van der Waals surface area contributed by atoms with Crippen LogP contribution in [0.2, 0.25) is 0 Å². The van der Waals surface area contributed by atoms with E-state index in [0.717, 1.165) is 5.57 Å². The van der Waals surface area contributed by atoms with Crippen LogP contribution in [0.15, 0.2) is 12.2 Å². The van der Waals surface area contributed by atoms with Crippen LogP contribution in [0.5, 0.6) is 0 Å². The third kappa shape index (κ3) is 3.65. The third-order valence-electron chi connectivity index (χ3n) is 8.03. The molecule has 3 fully saturated rings. The molecule has 2 aliphatic carbocycles. The molecule has 0 amide bonds. The van der Waals surface area contributed by atoms with E-state index in [1.54, 1.807) is 0 Å². The number of aliphatic hydroxyl groups is 3. The molecule has 1 heterocycles. The Morgan fingerprint density at radius 3 is 2.45 bits per heavy atom. The Hall–Kier alpha value is -1.00. The lowest BCUT2D eigenvalue weighted by atomic mass is 9.46. The van der Waals surface area contributed by atoms with Gasteiger partial charge in [-0.2, -0.15) is 8.42 Å². The first-order valence-electron chi connectivity index (χ1n) is 10.1. The molecular weight excluding hydrogens is 400 g/mol. The Kier molecular flexibility index (Phi) is 5.95. The van der Waals surface area contributed by atoms with Gasteiger partial charge in [-0.05, 0) is 49.4 Å². The molecule has 0 spiro atoms. The zero-order chi connectivity index (χ0) is 21.8. The largest absolute Gasteiger partial charge is 0.463 e. The van der Waals surface area contributed by atoms with Gasteiger partial charge in [-0.25, -0.2) is 0 Å². The van der Waals surface area contributed by atoms with Crippen LogP contribution in [0.25, 0.3) is 0 Å². The van der Waals surface area contributed by atoms with Crippen molar-refractivity contribution in [2.45, 2.75) is 63.4 Å². The number of esters is 1. The van der Waals surface area contributed by atoms with Gasteiger partial charge in [0.05, 0.1) is 12.7 Å².